The summed E-state index contributed by atoms with van der Waals surface area (Å²) in [5.41, 5.74) is 11.8. The van der Waals surface area contributed by atoms with Crippen LogP contribution in [0.4, 0.5) is 0 Å². The minimum Gasteiger partial charge on any atom is -0.394 e. The number of aryl methyl sites for hydroxylation is 2. The molecule has 0 aliphatic carbocycles. The number of hydrogen-bond donors (Lipinski definition) is 2. The Bertz CT molecular complexity index is 1010. The molecule has 2 aromatic carbocycles. The van der Waals surface area contributed by atoms with Crippen LogP contribution >= 0.6 is 39.5 Å². The van der Waals surface area contributed by atoms with Gasteiger partial charge < -0.3 is 11.1 Å². The summed E-state index contributed by atoms with van der Waals surface area (Å²) in [7, 11) is 0. The molecule has 0 aliphatic rings. The summed E-state index contributed by atoms with van der Waals surface area (Å²) in [6, 6.07) is 12.5. The number of carbonyl (C=O) groups is 1. The van der Waals surface area contributed by atoms with Crippen LogP contribution in [0.3, 0.4) is 0 Å². The molecule has 1 amide bonds. The van der Waals surface area contributed by atoms with Crippen LogP contribution < -0.4 is 11.1 Å². The van der Waals surface area contributed by atoms with Crippen LogP contribution in [-0.4, -0.2) is 5.91 Å². The summed E-state index contributed by atoms with van der Waals surface area (Å²) in [4.78, 5) is 13.9. The van der Waals surface area contributed by atoms with E-state index in [0.717, 1.165) is 54.7 Å². The van der Waals surface area contributed by atoms with Crippen LogP contribution in [0.15, 0.2) is 67.5 Å². The van der Waals surface area contributed by atoms with Crippen molar-refractivity contribution < 1.29 is 4.79 Å². The summed E-state index contributed by atoms with van der Waals surface area (Å²) >= 11 is 6.78. The van der Waals surface area contributed by atoms with E-state index in [1.165, 1.54) is 11.1 Å². The van der Waals surface area contributed by atoms with E-state index in [1.807, 2.05) is 19.9 Å². The summed E-state index contributed by atoms with van der Waals surface area (Å²) in [5.74, 6) is 0.804. The number of thioether (sulfide) groups is 2. The van der Waals surface area contributed by atoms with Crippen molar-refractivity contribution in [3.63, 3.8) is 0 Å². The molecule has 2 rings (SSSR count). The fourth-order valence-electron chi connectivity index (χ4n) is 2.93. The molecule has 2 aromatic rings. The second-order valence-electron chi connectivity index (χ2n) is 8.02. The first kappa shape index (κ1) is 26.6. The van der Waals surface area contributed by atoms with Crippen molar-refractivity contribution in [3.8, 4) is 0 Å². The molecule has 0 aromatic heterocycles. The van der Waals surface area contributed by atoms with Gasteiger partial charge in [0.25, 0.3) is 0 Å². The van der Waals surface area contributed by atoms with Crippen LogP contribution in [-0.2, 0) is 17.0 Å². The standard InChI is InChI=1S/C26H33BrN2OS2/c1-6-7-8-24(28)32-23-14-20(10-9-18(23)4)15-25(30)29-26(17(2)3)31-16-21-11-12-22(27)19(5)13-21/h8-14H,6-7,15-16,28H2,1-5H3,(H,29,30)/b24-8+. The van der Waals surface area contributed by atoms with Gasteiger partial charge in [-0.05, 0) is 74.1 Å². The molecule has 6 heteroatoms. The third kappa shape index (κ3) is 8.72. The van der Waals surface area contributed by atoms with Gasteiger partial charge in [0.15, 0.2) is 0 Å². The Balaban J connectivity index is 2.02. The Morgan fingerprint density at radius 2 is 1.81 bits per heavy atom. The maximum Gasteiger partial charge on any atom is 0.229 e. The number of carbonyl (C=O) groups excluding carboxylic acids is 1. The maximum absolute atomic E-state index is 12.8. The van der Waals surface area contributed by atoms with Crippen LogP contribution in [0.1, 0.15) is 55.9 Å². The molecule has 0 fully saturated rings. The highest BCUT2D eigenvalue weighted by Crippen LogP contribution is 2.29. The predicted octanol–water partition coefficient (Wildman–Crippen LogP) is 7.60. The van der Waals surface area contributed by atoms with Crippen LogP contribution in [0, 0.1) is 13.8 Å². The minimum absolute atomic E-state index is 0.00464. The van der Waals surface area contributed by atoms with Gasteiger partial charge in [0, 0.05) is 15.1 Å². The van der Waals surface area contributed by atoms with E-state index >= 15 is 0 Å². The molecule has 0 bridgehead atoms. The molecule has 0 radical (unpaired) electrons. The zero-order chi connectivity index (χ0) is 23.7. The van der Waals surface area contributed by atoms with Crippen molar-refractivity contribution in [2.24, 2.45) is 5.73 Å². The maximum atomic E-state index is 12.8. The lowest BCUT2D eigenvalue weighted by Gasteiger charge is -2.13. The van der Waals surface area contributed by atoms with Gasteiger partial charge in [-0.1, -0.05) is 71.4 Å². The van der Waals surface area contributed by atoms with E-state index in [1.54, 1.807) is 23.5 Å². The van der Waals surface area contributed by atoms with Crippen molar-refractivity contribution in [1.82, 2.24) is 5.32 Å². The molecule has 3 nitrogen and oxygen atoms in total. The second-order valence-corrected chi connectivity index (χ2v) is 11.0. The first-order valence-corrected chi connectivity index (χ1v) is 13.4. The molecule has 0 saturated carbocycles. The lowest BCUT2D eigenvalue weighted by Crippen LogP contribution is -2.24. The second kappa shape index (κ2) is 13.2. The van der Waals surface area contributed by atoms with E-state index < -0.39 is 0 Å². The largest absolute Gasteiger partial charge is 0.394 e. The van der Waals surface area contributed by atoms with E-state index in [-0.39, 0.29) is 5.91 Å². The molecule has 0 saturated heterocycles. The zero-order valence-corrected chi connectivity index (χ0v) is 22.8. The van der Waals surface area contributed by atoms with E-state index in [2.05, 4.69) is 78.4 Å². The normalized spacial score (nSPS) is 11.4. The minimum atomic E-state index is -0.00464. The van der Waals surface area contributed by atoms with E-state index in [9.17, 15) is 4.79 Å². The molecular formula is C26H33BrN2OS2. The van der Waals surface area contributed by atoms with Gasteiger partial charge in [-0.2, -0.15) is 0 Å². The topological polar surface area (TPSA) is 55.1 Å². The van der Waals surface area contributed by atoms with Gasteiger partial charge in [0.2, 0.25) is 5.91 Å². The summed E-state index contributed by atoms with van der Waals surface area (Å²) in [6.45, 7) is 10.4. The fraction of sp³-hybridized carbons (Fsp3) is 0.346. The summed E-state index contributed by atoms with van der Waals surface area (Å²) in [5, 5.41) is 4.84. The Hall–Kier alpha value is -1.63. The lowest BCUT2D eigenvalue weighted by atomic mass is 10.1. The highest BCUT2D eigenvalue weighted by Gasteiger charge is 2.11. The molecular weight excluding hydrogens is 500 g/mol. The van der Waals surface area contributed by atoms with Crippen molar-refractivity contribution in [2.45, 2.75) is 64.5 Å². The quantitative estimate of drug-likeness (QED) is 0.309. The summed E-state index contributed by atoms with van der Waals surface area (Å²) in [6.07, 6.45) is 4.45. The molecule has 0 unspecified atom stereocenters. The number of halogens is 1. The van der Waals surface area contributed by atoms with Crippen LogP contribution in [0.5, 0.6) is 0 Å². The lowest BCUT2D eigenvalue weighted by molar-refractivity contribution is -0.119. The van der Waals surface area contributed by atoms with E-state index in [0.29, 0.717) is 6.42 Å². The van der Waals surface area contributed by atoms with Crippen molar-refractivity contribution in [1.29, 1.82) is 0 Å². The predicted molar refractivity (Wildman–Crippen MR) is 145 cm³/mol. The summed E-state index contributed by atoms with van der Waals surface area (Å²) < 4.78 is 1.11. The number of nitrogens with one attached hydrogen (secondary N) is 1. The first-order valence-electron chi connectivity index (χ1n) is 10.8. The Labute approximate surface area is 209 Å². The molecule has 0 heterocycles. The fourth-order valence-corrected chi connectivity index (χ4v) is 5.04. The number of allylic oxidation sites excluding steroid dienone is 2. The van der Waals surface area contributed by atoms with Gasteiger partial charge in [0.1, 0.15) is 0 Å². The van der Waals surface area contributed by atoms with E-state index in [4.69, 9.17) is 5.73 Å². The van der Waals surface area contributed by atoms with Crippen molar-refractivity contribution in [2.75, 3.05) is 0 Å². The number of rotatable bonds is 10. The van der Waals surface area contributed by atoms with Gasteiger partial charge in [-0.15, -0.1) is 11.8 Å². The number of hydrogen-bond acceptors (Lipinski definition) is 4. The molecule has 3 N–H and O–H groups in total. The third-order valence-corrected chi connectivity index (χ3v) is 8.02. The number of unbranched alkanes of at least 4 members (excludes halogenated alkanes) is 1. The number of amides is 1. The van der Waals surface area contributed by atoms with Gasteiger partial charge >= 0.3 is 0 Å². The average molecular weight is 534 g/mol. The number of nitrogens with two attached hydrogens (primary N) is 1. The average Bonchev–Trinajstić information content (AvgIpc) is 2.74. The smallest absolute Gasteiger partial charge is 0.229 e. The van der Waals surface area contributed by atoms with Crippen molar-refractivity contribution >= 4 is 45.4 Å². The molecule has 172 valence electrons. The Morgan fingerprint density at radius 1 is 1.09 bits per heavy atom. The van der Waals surface area contributed by atoms with Crippen LogP contribution in [0.2, 0.25) is 0 Å². The highest BCUT2D eigenvalue weighted by atomic mass is 79.9. The zero-order valence-electron chi connectivity index (χ0n) is 19.5. The van der Waals surface area contributed by atoms with Gasteiger partial charge in [-0.25, -0.2) is 0 Å². The van der Waals surface area contributed by atoms with Crippen molar-refractivity contribution in [3.05, 3.63) is 84.8 Å². The van der Waals surface area contributed by atoms with Gasteiger partial charge in [-0.3, -0.25) is 4.79 Å². The SMILES string of the molecule is CCC/C=C(\N)Sc1cc(CC(=O)NC(SCc2ccc(Br)c(C)c2)=C(C)C)ccc1C. The van der Waals surface area contributed by atoms with Gasteiger partial charge in [0.05, 0.1) is 16.5 Å². The van der Waals surface area contributed by atoms with Crippen LogP contribution in [0.25, 0.3) is 0 Å². The molecule has 0 aliphatic heterocycles. The number of benzene rings is 2. The highest BCUT2D eigenvalue weighted by molar-refractivity contribution is 9.10. The monoisotopic (exact) mass is 532 g/mol. The Morgan fingerprint density at radius 3 is 2.47 bits per heavy atom. The Kier molecular flexibility index (Phi) is 11.0. The third-order valence-electron chi connectivity index (χ3n) is 4.79. The first-order chi connectivity index (χ1) is 15.2. The molecule has 0 spiro atoms. The molecule has 32 heavy (non-hydrogen) atoms. The molecule has 0 atom stereocenters.